The maximum atomic E-state index is 12.5. The Kier molecular flexibility index (Phi) is 3.61. The van der Waals surface area contributed by atoms with Crippen molar-refractivity contribution in [2.24, 2.45) is 0 Å². The molecule has 0 unspecified atom stereocenters. The van der Waals surface area contributed by atoms with E-state index in [0.717, 1.165) is 15.8 Å². The van der Waals surface area contributed by atoms with E-state index >= 15 is 0 Å². The molecule has 0 atom stereocenters. The summed E-state index contributed by atoms with van der Waals surface area (Å²) in [4.78, 5) is 17.0. The first-order valence-corrected chi connectivity index (χ1v) is 8.50. The van der Waals surface area contributed by atoms with Gasteiger partial charge in [0.25, 0.3) is 5.91 Å². The Bertz CT molecular complexity index is 949. The minimum Gasteiger partial charge on any atom is -0.486 e. The van der Waals surface area contributed by atoms with Crippen molar-refractivity contribution in [2.75, 3.05) is 18.5 Å². The molecule has 4 rings (SSSR count). The molecule has 1 aromatic heterocycles. The van der Waals surface area contributed by atoms with Crippen molar-refractivity contribution in [2.45, 2.75) is 13.8 Å². The van der Waals surface area contributed by atoms with E-state index in [9.17, 15) is 4.79 Å². The van der Waals surface area contributed by atoms with Gasteiger partial charge in [0, 0.05) is 5.56 Å². The average molecular weight is 340 g/mol. The molecule has 0 saturated carbocycles. The van der Waals surface area contributed by atoms with Gasteiger partial charge in [0.2, 0.25) is 0 Å². The highest BCUT2D eigenvalue weighted by Crippen LogP contribution is 2.32. The number of fused-ring (bicyclic) bond motifs is 2. The van der Waals surface area contributed by atoms with Crippen molar-refractivity contribution in [3.05, 3.63) is 47.0 Å². The van der Waals surface area contributed by atoms with Crippen molar-refractivity contribution in [1.29, 1.82) is 0 Å². The Hall–Kier alpha value is -2.60. The molecule has 0 spiro atoms. The molecule has 2 heterocycles. The fraction of sp³-hybridized carbons (Fsp3) is 0.222. The van der Waals surface area contributed by atoms with Crippen LogP contribution in [0.3, 0.4) is 0 Å². The predicted molar refractivity (Wildman–Crippen MR) is 94.5 cm³/mol. The molecular weight excluding hydrogens is 324 g/mol. The number of hydrogen-bond donors (Lipinski definition) is 1. The maximum absolute atomic E-state index is 12.5. The zero-order valence-corrected chi connectivity index (χ0v) is 14.2. The Morgan fingerprint density at radius 2 is 1.92 bits per heavy atom. The Morgan fingerprint density at radius 3 is 2.75 bits per heavy atom. The number of benzene rings is 2. The Morgan fingerprint density at radius 1 is 1.12 bits per heavy atom. The lowest BCUT2D eigenvalue weighted by Crippen LogP contribution is -2.17. The smallest absolute Gasteiger partial charge is 0.257 e. The summed E-state index contributed by atoms with van der Waals surface area (Å²) in [5.74, 6) is 1.06. The number of anilines is 1. The van der Waals surface area contributed by atoms with E-state index in [0.29, 0.717) is 35.4 Å². The van der Waals surface area contributed by atoms with Gasteiger partial charge in [-0.15, -0.1) is 0 Å². The number of aryl methyl sites for hydroxylation is 2. The lowest BCUT2D eigenvalue weighted by molar-refractivity contribution is 0.102. The largest absolute Gasteiger partial charge is 0.486 e. The molecule has 1 aliphatic rings. The second kappa shape index (κ2) is 5.79. The zero-order valence-electron chi connectivity index (χ0n) is 13.4. The molecule has 0 aliphatic carbocycles. The standard InChI is InChI=1S/C18H16N2O3S/c1-10-7-11(2)16-15(8-10)24-18(19-16)20-17(21)12-3-4-13-14(9-12)23-6-5-22-13/h3-4,7-9H,5-6H2,1-2H3,(H,19,20,21). The molecule has 6 heteroatoms. The van der Waals surface area contributed by atoms with Crippen LogP contribution >= 0.6 is 11.3 Å². The van der Waals surface area contributed by atoms with Gasteiger partial charge < -0.3 is 9.47 Å². The molecular formula is C18H16N2O3S. The van der Waals surface area contributed by atoms with Crippen LogP contribution in [-0.4, -0.2) is 24.1 Å². The van der Waals surface area contributed by atoms with Gasteiger partial charge in [-0.05, 0) is 49.2 Å². The number of rotatable bonds is 2. The highest BCUT2D eigenvalue weighted by Gasteiger charge is 2.16. The van der Waals surface area contributed by atoms with E-state index in [-0.39, 0.29) is 5.91 Å². The Balaban J connectivity index is 1.61. The molecule has 122 valence electrons. The fourth-order valence-electron chi connectivity index (χ4n) is 2.78. The molecule has 1 N–H and O–H groups in total. The van der Waals surface area contributed by atoms with Gasteiger partial charge in [0.15, 0.2) is 16.6 Å². The molecule has 1 amide bonds. The second-order valence-electron chi connectivity index (χ2n) is 5.76. The van der Waals surface area contributed by atoms with Crippen LogP contribution in [0.4, 0.5) is 5.13 Å². The maximum Gasteiger partial charge on any atom is 0.257 e. The van der Waals surface area contributed by atoms with Crippen LogP contribution in [-0.2, 0) is 0 Å². The van der Waals surface area contributed by atoms with E-state index in [4.69, 9.17) is 9.47 Å². The minimum atomic E-state index is -0.208. The summed E-state index contributed by atoms with van der Waals surface area (Å²) in [5, 5.41) is 3.47. The monoisotopic (exact) mass is 340 g/mol. The highest BCUT2D eigenvalue weighted by atomic mass is 32.1. The van der Waals surface area contributed by atoms with Crippen LogP contribution in [0.5, 0.6) is 11.5 Å². The first-order chi connectivity index (χ1) is 11.6. The van der Waals surface area contributed by atoms with Crippen LogP contribution in [0.1, 0.15) is 21.5 Å². The van der Waals surface area contributed by atoms with Gasteiger partial charge in [-0.25, -0.2) is 4.98 Å². The molecule has 0 fully saturated rings. The lowest BCUT2D eigenvalue weighted by atomic mass is 10.1. The summed E-state index contributed by atoms with van der Waals surface area (Å²) in [5.41, 5.74) is 3.75. The van der Waals surface area contributed by atoms with Crippen LogP contribution in [0.25, 0.3) is 10.2 Å². The number of ether oxygens (including phenoxy) is 2. The third-order valence-electron chi connectivity index (χ3n) is 3.85. The third-order valence-corrected chi connectivity index (χ3v) is 4.77. The molecule has 0 bridgehead atoms. The van der Waals surface area contributed by atoms with E-state index in [1.807, 2.05) is 6.92 Å². The van der Waals surface area contributed by atoms with Crippen molar-refractivity contribution in [3.8, 4) is 11.5 Å². The van der Waals surface area contributed by atoms with Gasteiger partial charge in [0.05, 0.1) is 10.2 Å². The zero-order chi connectivity index (χ0) is 16.7. The van der Waals surface area contributed by atoms with Crippen LogP contribution in [0.2, 0.25) is 0 Å². The normalized spacial score (nSPS) is 13.1. The average Bonchev–Trinajstić information content (AvgIpc) is 2.97. The van der Waals surface area contributed by atoms with Crippen LogP contribution in [0, 0.1) is 13.8 Å². The first kappa shape index (κ1) is 15.0. The summed E-state index contributed by atoms with van der Waals surface area (Å²) < 4.78 is 12.1. The number of nitrogens with one attached hydrogen (secondary N) is 1. The lowest BCUT2D eigenvalue weighted by Gasteiger charge is -2.18. The number of amides is 1. The van der Waals surface area contributed by atoms with Gasteiger partial charge in [-0.2, -0.15) is 0 Å². The van der Waals surface area contributed by atoms with Gasteiger partial charge in [-0.3, -0.25) is 10.1 Å². The van der Waals surface area contributed by atoms with E-state index < -0.39 is 0 Å². The molecule has 0 saturated heterocycles. The summed E-state index contributed by atoms with van der Waals surface area (Å²) in [7, 11) is 0. The SMILES string of the molecule is Cc1cc(C)c2nc(NC(=O)c3ccc4c(c3)OCCO4)sc2c1. The van der Waals surface area contributed by atoms with E-state index in [1.54, 1.807) is 18.2 Å². The van der Waals surface area contributed by atoms with Gasteiger partial charge in [-0.1, -0.05) is 17.4 Å². The number of hydrogen-bond acceptors (Lipinski definition) is 5. The number of thiazole rings is 1. The van der Waals surface area contributed by atoms with E-state index in [1.165, 1.54) is 16.9 Å². The quantitative estimate of drug-likeness (QED) is 0.768. The molecule has 5 nitrogen and oxygen atoms in total. The number of carbonyl (C=O) groups excluding carboxylic acids is 1. The van der Waals surface area contributed by atoms with Crippen molar-refractivity contribution >= 4 is 32.6 Å². The fourth-order valence-corrected chi connectivity index (χ4v) is 3.82. The molecule has 1 aliphatic heterocycles. The van der Waals surface area contributed by atoms with Gasteiger partial charge >= 0.3 is 0 Å². The number of nitrogens with zero attached hydrogens (tertiary/aromatic N) is 1. The summed E-state index contributed by atoms with van der Waals surface area (Å²) >= 11 is 1.48. The van der Waals surface area contributed by atoms with Crippen LogP contribution in [0.15, 0.2) is 30.3 Å². The number of carbonyl (C=O) groups is 1. The predicted octanol–water partition coefficient (Wildman–Crippen LogP) is 3.94. The summed E-state index contributed by atoms with van der Waals surface area (Å²) in [6.45, 7) is 5.11. The topological polar surface area (TPSA) is 60.5 Å². The van der Waals surface area contributed by atoms with E-state index in [2.05, 4.69) is 29.4 Å². The second-order valence-corrected chi connectivity index (χ2v) is 6.79. The first-order valence-electron chi connectivity index (χ1n) is 7.69. The van der Waals surface area contributed by atoms with Crippen molar-refractivity contribution in [1.82, 2.24) is 4.98 Å². The molecule has 24 heavy (non-hydrogen) atoms. The Labute approximate surface area is 143 Å². The molecule has 0 radical (unpaired) electrons. The van der Waals surface area contributed by atoms with Gasteiger partial charge in [0.1, 0.15) is 13.2 Å². The summed E-state index contributed by atoms with van der Waals surface area (Å²) in [6, 6.07) is 9.36. The van der Waals surface area contributed by atoms with Crippen molar-refractivity contribution in [3.63, 3.8) is 0 Å². The number of aromatic nitrogens is 1. The molecule has 3 aromatic rings. The highest BCUT2D eigenvalue weighted by molar-refractivity contribution is 7.22. The van der Waals surface area contributed by atoms with Crippen LogP contribution < -0.4 is 14.8 Å². The summed E-state index contributed by atoms with van der Waals surface area (Å²) in [6.07, 6.45) is 0. The third kappa shape index (κ3) is 2.69. The molecule has 2 aromatic carbocycles. The van der Waals surface area contributed by atoms with Crippen molar-refractivity contribution < 1.29 is 14.3 Å². The minimum absolute atomic E-state index is 0.208.